The van der Waals surface area contributed by atoms with E-state index in [1.165, 1.54) is 19.1 Å². The van der Waals surface area contributed by atoms with Crippen molar-refractivity contribution in [2.24, 2.45) is 0 Å². The average molecular weight is 428 g/mol. The van der Waals surface area contributed by atoms with Gasteiger partial charge in [0.25, 0.3) is 5.91 Å². The molecular formula is C17H12ClF6NO3. The molecule has 0 bridgehead atoms. The van der Waals surface area contributed by atoms with Crippen LogP contribution >= 0.6 is 11.6 Å². The number of carbonyl (C=O) groups is 1. The van der Waals surface area contributed by atoms with E-state index in [0.717, 1.165) is 6.07 Å². The molecule has 0 heterocycles. The molecule has 11 heteroatoms. The van der Waals surface area contributed by atoms with Crippen molar-refractivity contribution in [3.63, 3.8) is 0 Å². The first-order chi connectivity index (χ1) is 12.8. The first-order valence-electron chi connectivity index (χ1n) is 7.52. The van der Waals surface area contributed by atoms with Crippen LogP contribution in [0.5, 0.6) is 5.75 Å². The minimum absolute atomic E-state index is 0.0584. The van der Waals surface area contributed by atoms with Crippen LogP contribution in [0.3, 0.4) is 0 Å². The normalized spacial score (nSPS) is 13.2. The van der Waals surface area contributed by atoms with E-state index in [2.05, 4.69) is 0 Å². The highest BCUT2D eigenvalue weighted by Gasteiger charge is 2.37. The highest BCUT2D eigenvalue weighted by molar-refractivity contribution is 6.31. The second-order valence-electron chi connectivity index (χ2n) is 5.61. The third-order valence-electron chi connectivity index (χ3n) is 3.33. The van der Waals surface area contributed by atoms with Crippen LogP contribution in [0.15, 0.2) is 36.4 Å². The second-order valence-corrected chi connectivity index (χ2v) is 6.04. The second kappa shape index (κ2) is 7.88. The number of alkyl halides is 6. The van der Waals surface area contributed by atoms with Gasteiger partial charge in [-0.05, 0) is 43.3 Å². The molecule has 28 heavy (non-hydrogen) atoms. The van der Waals surface area contributed by atoms with Crippen molar-refractivity contribution >= 4 is 23.2 Å². The Bertz CT molecular complexity index is 848. The SMILES string of the molecule is CC(O)Oc1ccc(Cl)cc1C(=O)Nc1cc(C(F)(F)F)cc(C(F)(F)F)c1. The lowest BCUT2D eigenvalue weighted by atomic mass is 10.1. The predicted molar refractivity (Wildman–Crippen MR) is 88.2 cm³/mol. The molecule has 1 amide bonds. The maximum Gasteiger partial charge on any atom is 0.416 e. The van der Waals surface area contributed by atoms with Crippen molar-refractivity contribution in [2.75, 3.05) is 5.32 Å². The molecule has 0 aliphatic rings. The van der Waals surface area contributed by atoms with Gasteiger partial charge in [0.15, 0.2) is 6.29 Å². The molecule has 152 valence electrons. The molecule has 0 aliphatic heterocycles. The molecule has 0 fully saturated rings. The Morgan fingerprint density at radius 2 is 1.57 bits per heavy atom. The maximum atomic E-state index is 12.9. The van der Waals surface area contributed by atoms with Crippen molar-refractivity contribution < 1.29 is 41.0 Å². The van der Waals surface area contributed by atoms with Crippen molar-refractivity contribution in [1.29, 1.82) is 0 Å². The number of rotatable bonds is 4. The van der Waals surface area contributed by atoms with E-state index >= 15 is 0 Å². The summed E-state index contributed by atoms with van der Waals surface area (Å²) in [5.74, 6) is -1.24. The van der Waals surface area contributed by atoms with Gasteiger partial charge in [-0.25, -0.2) is 0 Å². The van der Waals surface area contributed by atoms with Crippen LogP contribution < -0.4 is 10.1 Å². The van der Waals surface area contributed by atoms with Crippen LogP contribution in [0.25, 0.3) is 0 Å². The van der Waals surface area contributed by atoms with Crippen LogP contribution in [0.2, 0.25) is 5.02 Å². The number of aliphatic hydroxyl groups excluding tert-OH is 1. The lowest BCUT2D eigenvalue weighted by Crippen LogP contribution is -2.18. The summed E-state index contributed by atoms with van der Waals surface area (Å²) in [5.41, 5.74) is -4.18. The molecule has 2 N–H and O–H groups in total. The van der Waals surface area contributed by atoms with Crippen molar-refractivity contribution in [1.82, 2.24) is 0 Å². The summed E-state index contributed by atoms with van der Waals surface area (Å²) in [4.78, 5) is 12.4. The predicted octanol–water partition coefficient (Wildman–Crippen LogP) is 5.35. The summed E-state index contributed by atoms with van der Waals surface area (Å²) in [6.07, 6.45) is -11.5. The Morgan fingerprint density at radius 3 is 2.04 bits per heavy atom. The number of nitrogens with one attached hydrogen (secondary N) is 1. The number of hydrogen-bond acceptors (Lipinski definition) is 3. The van der Waals surface area contributed by atoms with Gasteiger partial charge >= 0.3 is 12.4 Å². The average Bonchev–Trinajstić information content (AvgIpc) is 2.54. The highest BCUT2D eigenvalue weighted by Crippen LogP contribution is 2.37. The summed E-state index contributed by atoms with van der Waals surface area (Å²) in [6.45, 7) is 1.23. The van der Waals surface area contributed by atoms with Crippen molar-refractivity contribution in [3.8, 4) is 5.75 Å². The van der Waals surface area contributed by atoms with E-state index in [-0.39, 0.29) is 22.4 Å². The third kappa shape index (κ3) is 5.52. The van der Waals surface area contributed by atoms with E-state index in [1.54, 1.807) is 0 Å². The fourth-order valence-corrected chi connectivity index (χ4v) is 2.36. The minimum Gasteiger partial charge on any atom is -0.465 e. The van der Waals surface area contributed by atoms with Gasteiger partial charge in [0.2, 0.25) is 0 Å². The zero-order valence-corrected chi connectivity index (χ0v) is 14.7. The fourth-order valence-electron chi connectivity index (χ4n) is 2.19. The van der Waals surface area contributed by atoms with Gasteiger partial charge in [-0.15, -0.1) is 0 Å². The molecule has 0 aromatic heterocycles. The molecule has 1 unspecified atom stereocenters. The van der Waals surface area contributed by atoms with E-state index in [4.69, 9.17) is 16.3 Å². The van der Waals surface area contributed by atoms with E-state index in [9.17, 15) is 36.2 Å². The molecule has 2 rings (SSSR count). The van der Waals surface area contributed by atoms with Crippen LogP contribution in [0.1, 0.15) is 28.4 Å². The summed E-state index contributed by atoms with van der Waals surface area (Å²) in [6, 6.07) is 4.31. The van der Waals surface area contributed by atoms with Crippen LogP contribution in [-0.2, 0) is 12.4 Å². The monoisotopic (exact) mass is 427 g/mol. The molecule has 1 atom stereocenters. The molecule has 0 aliphatic carbocycles. The van der Waals surface area contributed by atoms with Gasteiger partial charge < -0.3 is 15.2 Å². The Hall–Kier alpha value is -2.46. The zero-order valence-electron chi connectivity index (χ0n) is 14.0. The molecule has 2 aromatic rings. The lowest BCUT2D eigenvalue weighted by Gasteiger charge is -2.16. The number of anilines is 1. The Labute approximate surface area is 159 Å². The van der Waals surface area contributed by atoms with E-state index < -0.39 is 41.4 Å². The molecule has 2 aromatic carbocycles. The van der Waals surface area contributed by atoms with Gasteiger partial charge in [-0.1, -0.05) is 11.6 Å². The Balaban J connectivity index is 2.45. The van der Waals surface area contributed by atoms with Crippen LogP contribution in [-0.4, -0.2) is 17.3 Å². The standard InChI is InChI=1S/C17H12ClF6NO3/c1-8(26)28-14-3-2-11(18)7-13(14)15(27)25-12-5-9(16(19,20)21)4-10(6-12)17(22,23)24/h2-8,26H,1H3,(H,25,27). The van der Waals surface area contributed by atoms with Crippen molar-refractivity contribution in [3.05, 3.63) is 58.1 Å². The fraction of sp³-hybridized carbons (Fsp3) is 0.235. The number of aliphatic hydroxyl groups is 1. The maximum absolute atomic E-state index is 12.9. The number of amides is 1. The van der Waals surface area contributed by atoms with Gasteiger partial charge in [0, 0.05) is 10.7 Å². The highest BCUT2D eigenvalue weighted by atomic mass is 35.5. The smallest absolute Gasteiger partial charge is 0.416 e. The molecule has 0 saturated heterocycles. The molecular weight excluding hydrogens is 416 g/mol. The van der Waals surface area contributed by atoms with Gasteiger partial charge in [0.1, 0.15) is 5.75 Å². The minimum atomic E-state index is -5.06. The first-order valence-corrected chi connectivity index (χ1v) is 7.90. The quantitative estimate of drug-likeness (QED) is 0.511. The summed E-state index contributed by atoms with van der Waals surface area (Å²) in [7, 11) is 0. The molecule has 4 nitrogen and oxygen atoms in total. The number of hydrogen-bond donors (Lipinski definition) is 2. The Kier molecular flexibility index (Phi) is 6.15. The molecule has 0 saturated carbocycles. The third-order valence-corrected chi connectivity index (χ3v) is 3.56. The molecule has 0 radical (unpaired) electrons. The number of benzene rings is 2. The Morgan fingerprint density at radius 1 is 1.04 bits per heavy atom. The van der Waals surface area contributed by atoms with Crippen LogP contribution in [0.4, 0.5) is 32.0 Å². The first kappa shape index (κ1) is 21.8. The van der Waals surface area contributed by atoms with E-state index in [0.29, 0.717) is 12.1 Å². The lowest BCUT2D eigenvalue weighted by molar-refractivity contribution is -0.143. The molecule has 0 spiro atoms. The van der Waals surface area contributed by atoms with Gasteiger partial charge in [0.05, 0.1) is 16.7 Å². The van der Waals surface area contributed by atoms with E-state index in [1.807, 2.05) is 5.32 Å². The topological polar surface area (TPSA) is 58.6 Å². The van der Waals surface area contributed by atoms with Crippen molar-refractivity contribution in [2.45, 2.75) is 25.6 Å². The van der Waals surface area contributed by atoms with Gasteiger partial charge in [-0.2, -0.15) is 26.3 Å². The largest absolute Gasteiger partial charge is 0.465 e. The number of carbonyl (C=O) groups excluding carboxylic acids is 1. The summed E-state index contributed by atoms with van der Waals surface area (Å²) >= 11 is 5.77. The summed E-state index contributed by atoms with van der Waals surface area (Å²) < 4.78 is 82.5. The van der Waals surface area contributed by atoms with Gasteiger partial charge in [-0.3, -0.25) is 4.79 Å². The number of halogens is 7. The number of ether oxygens (including phenoxy) is 1. The zero-order chi connectivity index (χ0) is 21.3. The summed E-state index contributed by atoms with van der Waals surface area (Å²) in [5, 5.41) is 11.3. The van der Waals surface area contributed by atoms with Crippen LogP contribution in [0, 0.1) is 0 Å².